The van der Waals surface area contributed by atoms with E-state index in [1.54, 1.807) is 0 Å². The van der Waals surface area contributed by atoms with Crippen LogP contribution in [-0.4, -0.2) is 47.8 Å². The van der Waals surface area contributed by atoms with Gasteiger partial charge in [-0.05, 0) is 44.6 Å². The van der Waals surface area contributed by atoms with Gasteiger partial charge in [0.05, 0.1) is 0 Å². The zero-order chi connectivity index (χ0) is 13.0. The van der Waals surface area contributed by atoms with Gasteiger partial charge in [-0.1, -0.05) is 13.3 Å². The summed E-state index contributed by atoms with van der Waals surface area (Å²) < 4.78 is 5.38. The fourth-order valence-electron chi connectivity index (χ4n) is 3.49. The van der Waals surface area contributed by atoms with Gasteiger partial charge in [0, 0.05) is 19.8 Å². The van der Waals surface area contributed by atoms with Gasteiger partial charge in [-0.25, -0.2) is 0 Å². The van der Waals surface area contributed by atoms with Gasteiger partial charge >= 0.3 is 5.97 Å². The highest BCUT2D eigenvalue weighted by Gasteiger charge is 2.47. The third-order valence-electron chi connectivity index (χ3n) is 4.50. The van der Waals surface area contributed by atoms with Crippen LogP contribution in [0.4, 0.5) is 0 Å². The Balaban J connectivity index is 2.02. The van der Waals surface area contributed by atoms with E-state index in [1.165, 1.54) is 0 Å². The second kappa shape index (κ2) is 6.02. The zero-order valence-corrected chi connectivity index (χ0v) is 11.4. The summed E-state index contributed by atoms with van der Waals surface area (Å²) in [6.45, 7) is 5.65. The lowest BCUT2D eigenvalue weighted by molar-refractivity contribution is -0.151. The molecule has 1 unspecified atom stereocenters. The van der Waals surface area contributed by atoms with Crippen LogP contribution in [0.15, 0.2) is 0 Å². The van der Waals surface area contributed by atoms with Gasteiger partial charge in [0.25, 0.3) is 0 Å². The minimum Gasteiger partial charge on any atom is -0.480 e. The number of hydrogen-bond acceptors (Lipinski definition) is 3. The summed E-state index contributed by atoms with van der Waals surface area (Å²) in [4.78, 5) is 13.9. The van der Waals surface area contributed by atoms with E-state index in [4.69, 9.17) is 4.74 Å². The lowest BCUT2D eigenvalue weighted by Gasteiger charge is -2.37. The fourth-order valence-corrected chi connectivity index (χ4v) is 3.49. The Morgan fingerprint density at radius 1 is 1.44 bits per heavy atom. The number of ether oxygens (including phenoxy) is 1. The number of likely N-dealkylation sites (tertiary alicyclic amines) is 1. The topological polar surface area (TPSA) is 49.8 Å². The summed E-state index contributed by atoms with van der Waals surface area (Å²) in [5, 5.41) is 9.63. The molecule has 0 radical (unpaired) electrons. The molecule has 1 N–H and O–H groups in total. The highest BCUT2D eigenvalue weighted by molar-refractivity contribution is 5.79. The van der Waals surface area contributed by atoms with Crippen LogP contribution < -0.4 is 0 Å². The minimum absolute atomic E-state index is 0.576. The third kappa shape index (κ3) is 2.69. The molecule has 2 fully saturated rings. The number of carbonyl (C=O) groups is 1. The van der Waals surface area contributed by atoms with Crippen LogP contribution in [0, 0.1) is 5.92 Å². The number of carboxylic acid groups (broad SMARTS) is 1. The number of carboxylic acids is 1. The highest BCUT2D eigenvalue weighted by atomic mass is 16.5. The fraction of sp³-hybridized carbons (Fsp3) is 0.929. The summed E-state index contributed by atoms with van der Waals surface area (Å²) in [5.41, 5.74) is -0.576. The van der Waals surface area contributed by atoms with Crippen molar-refractivity contribution in [3.05, 3.63) is 0 Å². The molecule has 2 aliphatic heterocycles. The molecule has 2 aliphatic rings. The van der Waals surface area contributed by atoms with E-state index in [1.807, 2.05) is 0 Å². The summed E-state index contributed by atoms with van der Waals surface area (Å²) in [6, 6.07) is 0. The summed E-state index contributed by atoms with van der Waals surface area (Å²) in [6.07, 6.45) is 5.73. The second-order valence-corrected chi connectivity index (χ2v) is 5.69. The quantitative estimate of drug-likeness (QED) is 0.817. The summed E-state index contributed by atoms with van der Waals surface area (Å²) in [7, 11) is 0. The Bertz CT molecular complexity index is 289. The van der Waals surface area contributed by atoms with Crippen molar-refractivity contribution < 1.29 is 14.6 Å². The van der Waals surface area contributed by atoms with Crippen molar-refractivity contribution in [1.29, 1.82) is 0 Å². The smallest absolute Gasteiger partial charge is 0.324 e. The van der Waals surface area contributed by atoms with Crippen molar-refractivity contribution in [3.63, 3.8) is 0 Å². The Morgan fingerprint density at radius 2 is 2.17 bits per heavy atom. The molecule has 0 aromatic heterocycles. The molecule has 2 heterocycles. The lowest BCUT2D eigenvalue weighted by atomic mass is 9.89. The van der Waals surface area contributed by atoms with Gasteiger partial charge in [-0.3, -0.25) is 9.69 Å². The number of rotatable bonds is 5. The van der Waals surface area contributed by atoms with Crippen molar-refractivity contribution in [3.8, 4) is 0 Å². The first-order chi connectivity index (χ1) is 8.69. The Labute approximate surface area is 109 Å². The molecule has 0 spiro atoms. The van der Waals surface area contributed by atoms with Gasteiger partial charge in [-0.15, -0.1) is 0 Å². The second-order valence-electron chi connectivity index (χ2n) is 5.69. The molecule has 0 bridgehead atoms. The largest absolute Gasteiger partial charge is 0.480 e. The van der Waals surface area contributed by atoms with E-state index < -0.39 is 11.5 Å². The molecular formula is C14H25NO3. The SMILES string of the molecule is CCCC1(C(=O)O)CCCN1CC1CCOCC1. The van der Waals surface area contributed by atoms with Gasteiger partial charge in [0.2, 0.25) is 0 Å². The third-order valence-corrected chi connectivity index (χ3v) is 4.50. The normalized spacial score (nSPS) is 30.7. The Kier molecular flexibility index (Phi) is 4.62. The average Bonchev–Trinajstić information content (AvgIpc) is 2.75. The highest BCUT2D eigenvalue weighted by Crippen LogP contribution is 2.35. The molecule has 0 aromatic carbocycles. The number of hydrogen-bond donors (Lipinski definition) is 1. The summed E-state index contributed by atoms with van der Waals surface area (Å²) in [5.74, 6) is 0.00124. The van der Waals surface area contributed by atoms with Gasteiger partial charge in [0.1, 0.15) is 5.54 Å². The van der Waals surface area contributed by atoms with Gasteiger partial charge < -0.3 is 9.84 Å². The predicted molar refractivity (Wildman–Crippen MR) is 69.6 cm³/mol. The van der Waals surface area contributed by atoms with Crippen LogP contribution in [0.2, 0.25) is 0 Å². The van der Waals surface area contributed by atoms with Crippen LogP contribution >= 0.6 is 0 Å². The van der Waals surface area contributed by atoms with Crippen LogP contribution in [0.3, 0.4) is 0 Å². The van der Waals surface area contributed by atoms with E-state index >= 15 is 0 Å². The molecule has 4 nitrogen and oxygen atoms in total. The van der Waals surface area contributed by atoms with E-state index in [0.717, 1.165) is 64.8 Å². The average molecular weight is 255 g/mol. The first-order valence-electron chi connectivity index (χ1n) is 7.25. The van der Waals surface area contributed by atoms with Crippen LogP contribution in [-0.2, 0) is 9.53 Å². The first kappa shape index (κ1) is 13.8. The standard InChI is InChI=1S/C14H25NO3/c1-2-6-14(13(16)17)7-3-8-15(14)11-12-4-9-18-10-5-12/h12H,2-11H2,1H3,(H,16,17). The molecule has 0 saturated carbocycles. The van der Waals surface area contributed by atoms with Crippen LogP contribution in [0.1, 0.15) is 45.4 Å². The molecule has 2 saturated heterocycles. The van der Waals surface area contributed by atoms with E-state index in [9.17, 15) is 9.90 Å². The van der Waals surface area contributed by atoms with Gasteiger partial charge in [-0.2, -0.15) is 0 Å². The van der Waals surface area contributed by atoms with Crippen molar-refractivity contribution in [2.75, 3.05) is 26.3 Å². The molecule has 0 aliphatic carbocycles. The van der Waals surface area contributed by atoms with Gasteiger partial charge in [0.15, 0.2) is 0 Å². The maximum atomic E-state index is 11.7. The molecule has 1 atom stereocenters. The Hall–Kier alpha value is -0.610. The first-order valence-corrected chi connectivity index (χ1v) is 7.25. The van der Waals surface area contributed by atoms with Crippen LogP contribution in [0.5, 0.6) is 0 Å². The Morgan fingerprint density at radius 3 is 2.78 bits per heavy atom. The van der Waals surface area contributed by atoms with Crippen molar-refractivity contribution in [1.82, 2.24) is 4.90 Å². The maximum absolute atomic E-state index is 11.7. The number of aliphatic carboxylic acids is 1. The van der Waals surface area contributed by atoms with E-state index in [2.05, 4.69) is 11.8 Å². The van der Waals surface area contributed by atoms with Crippen molar-refractivity contribution in [2.24, 2.45) is 5.92 Å². The van der Waals surface area contributed by atoms with Crippen molar-refractivity contribution >= 4 is 5.97 Å². The van der Waals surface area contributed by atoms with Crippen molar-refractivity contribution in [2.45, 2.75) is 51.0 Å². The van der Waals surface area contributed by atoms with E-state index in [-0.39, 0.29) is 0 Å². The zero-order valence-electron chi connectivity index (χ0n) is 11.4. The molecule has 104 valence electrons. The summed E-state index contributed by atoms with van der Waals surface area (Å²) >= 11 is 0. The number of nitrogens with zero attached hydrogens (tertiary/aromatic N) is 1. The molecular weight excluding hydrogens is 230 g/mol. The maximum Gasteiger partial charge on any atom is 0.324 e. The molecule has 4 heteroatoms. The lowest BCUT2D eigenvalue weighted by Crippen LogP contribution is -2.52. The monoisotopic (exact) mass is 255 g/mol. The minimum atomic E-state index is -0.617. The molecule has 2 rings (SSSR count). The molecule has 18 heavy (non-hydrogen) atoms. The molecule has 0 aromatic rings. The van der Waals surface area contributed by atoms with Crippen LogP contribution in [0.25, 0.3) is 0 Å². The predicted octanol–water partition coefficient (Wildman–Crippen LogP) is 2.13. The van der Waals surface area contributed by atoms with E-state index in [0.29, 0.717) is 5.92 Å². The molecule has 0 amide bonds.